The fourth-order valence-electron chi connectivity index (χ4n) is 2.40. The minimum absolute atomic E-state index is 0.201. The van der Waals surface area contributed by atoms with E-state index in [9.17, 15) is 13.2 Å². The Balaban J connectivity index is 1.94. The summed E-state index contributed by atoms with van der Waals surface area (Å²) in [6.07, 6.45) is 3.08. The Hall–Kier alpha value is -2.64. The minimum atomic E-state index is -3.46. The summed E-state index contributed by atoms with van der Waals surface area (Å²) in [5.41, 5.74) is 2.83. The molecule has 0 aliphatic carbocycles. The van der Waals surface area contributed by atoms with E-state index < -0.39 is 10.0 Å². The van der Waals surface area contributed by atoms with Crippen LogP contribution in [-0.4, -0.2) is 35.0 Å². The van der Waals surface area contributed by atoms with Gasteiger partial charge in [-0.05, 0) is 41.5 Å². The van der Waals surface area contributed by atoms with Crippen LogP contribution in [0.15, 0.2) is 59.5 Å². The number of sulfonamides is 1. The van der Waals surface area contributed by atoms with Crippen LogP contribution in [0.3, 0.4) is 0 Å². The van der Waals surface area contributed by atoms with E-state index in [1.165, 1.54) is 18.2 Å². The number of carbonyl (C=O) groups excluding carboxylic acids is 1. The minimum Gasteiger partial charge on any atom is -0.378 e. The van der Waals surface area contributed by atoms with E-state index in [1.807, 2.05) is 43.3 Å². The van der Waals surface area contributed by atoms with Crippen LogP contribution in [0.4, 0.5) is 5.69 Å². The molecule has 2 rings (SSSR count). The second kappa shape index (κ2) is 9.34. The summed E-state index contributed by atoms with van der Waals surface area (Å²) < 4.78 is 26.2. The fourth-order valence-corrected chi connectivity index (χ4v) is 3.44. The van der Waals surface area contributed by atoms with Crippen molar-refractivity contribution >= 4 is 27.7 Å². The van der Waals surface area contributed by atoms with Crippen LogP contribution in [0.5, 0.6) is 0 Å². The molecule has 0 bridgehead atoms. The van der Waals surface area contributed by atoms with Gasteiger partial charge < -0.3 is 10.2 Å². The van der Waals surface area contributed by atoms with Gasteiger partial charge in [0.25, 0.3) is 0 Å². The summed E-state index contributed by atoms with van der Waals surface area (Å²) in [5, 5.41) is 2.84. The second-order valence-corrected chi connectivity index (χ2v) is 7.95. The summed E-state index contributed by atoms with van der Waals surface area (Å²) in [6.45, 7) is 2.50. The van der Waals surface area contributed by atoms with E-state index in [2.05, 4.69) is 10.0 Å². The predicted molar refractivity (Wildman–Crippen MR) is 109 cm³/mol. The molecular weight excluding hydrogens is 362 g/mol. The van der Waals surface area contributed by atoms with Crippen molar-refractivity contribution < 1.29 is 13.2 Å². The number of anilines is 1. The summed E-state index contributed by atoms with van der Waals surface area (Å²) in [4.78, 5) is 14.2. The molecule has 0 saturated carbocycles. The van der Waals surface area contributed by atoms with Gasteiger partial charge >= 0.3 is 0 Å². The average Bonchev–Trinajstić information content (AvgIpc) is 2.65. The highest BCUT2D eigenvalue weighted by Gasteiger charge is 2.11. The smallest absolute Gasteiger partial charge is 0.244 e. The molecule has 0 spiro atoms. The second-order valence-electron chi connectivity index (χ2n) is 6.19. The van der Waals surface area contributed by atoms with E-state index in [0.717, 1.165) is 16.8 Å². The van der Waals surface area contributed by atoms with Crippen molar-refractivity contribution in [2.45, 2.75) is 18.4 Å². The van der Waals surface area contributed by atoms with Gasteiger partial charge in [0.1, 0.15) is 0 Å². The molecular formula is C20H25N3O3S. The molecule has 0 atom stereocenters. The molecule has 2 N–H and O–H groups in total. The Morgan fingerprint density at radius 3 is 2.44 bits per heavy atom. The monoisotopic (exact) mass is 387 g/mol. The first-order chi connectivity index (χ1) is 12.8. The molecule has 0 radical (unpaired) electrons. The Morgan fingerprint density at radius 1 is 1.11 bits per heavy atom. The number of hydrogen-bond acceptors (Lipinski definition) is 4. The first kappa shape index (κ1) is 20.7. The Morgan fingerprint density at radius 2 is 1.81 bits per heavy atom. The number of hydrogen-bond donors (Lipinski definition) is 2. The lowest BCUT2D eigenvalue weighted by Crippen LogP contribution is -2.23. The molecule has 0 aliphatic rings. The SMILES string of the molecule is CCNS(=O)(=O)c1ccc(/C=C/C(=O)NCc2cccc(N(C)C)c2)cc1. The Labute approximate surface area is 161 Å². The van der Waals surface area contributed by atoms with Gasteiger partial charge in [-0.3, -0.25) is 4.79 Å². The zero-order valence-electron chi connectivity index (χ0n) is 15.8. The third-order valence-corrected chi connectivity index (χ3v) is 5.41. The highest BCUT2D eigenvalue weighted by Crippen LogP contribution is 2.13. The van der Waals surface area contributed by atoms with Crippen LogP contribution >= 0.6 is 0 Å². The lowest BCUT2D eigenvalue weighted by Gasteiger charge is -2.13. The van der Waals surface area contributed by atoms with Crippen LogP contribution in [0, 0.1) is 0 Å². The quantitative estimate of drug-likeness (QED) is 0.682. The van der Waals surface area contributed by atoms with Gasteiger partial charge in [-0.1, -0.05) is 31.2 Å². The molecule has 2 aromatic rings. The number of carbonyl (C=O) groups is 1. The number of nitrogens with zero attached hydrogens (tertiary/aromatic N) is 1. The van der Waals surface area contributed by atoms with Gasteiger partial charge in [0, 0.05) is 38.9 Å². The van der Waals surface area contributed by atoms with E-state index in [0.29, 0.717) is 13.1 Å². The molecule has 7 heteroatoms. The third kappa shape index (κ3) is 6.23. The number of rotatable bonds is 8. The summed E-state index contributed by atoms with van der Waals surface area (Å²) >= 11 is 0. The van der Waals surface area contributed by atoms with Crippen molar-refractivity contribution in [3.05, 3.63) is 65.7 Å². The normalized spacial score (nSPS) is 11.5. The van der Waals surface area contributed by atoms with Gasteiger partial charge in [0.05, 0.1) is 4.90 Å². The van der Waals surface area contributed by atoms with Crippen molar-refractivity contribution in [1.29, 1.82) is 0 Å². The van der Waals surface area contributed by atoms with Gasteiger partial charge in [-0.15, -0.1) is 0 Å². The summed E-state index contributed by atoms with van der Waals surface area (Å²) in [5.74, 6) is -0.213. The fraction of sp³-hybridized carbons (Fsp3) is 0.250. The maximum Gasteiger partial charge on any atom is 0.244 e. The summed E-state index contributed by atoms with van der Waals surface area (Å²) in [6, 6.07) is 14.3. The largest absolute Gasteiger partial charge is 0.378 e. The van der Waals surface area contributed by atoms with Gasteiger partial charge in [0.2, 0.25) is 15.9 Å². The number of amides is 1. The molecule has 2 aromatic carbocycles. The zero-order valence-corrected chi connectivity index (χ0v) is 16.6. The van der Waals surface area contributed by atoms with Crippen LogP contribution in [0.2, 0.25) is 0 Å². The van der Waals surface area contributed by atoms with Crippen molar-refractivity contribution in [2.75, 3.05) is 25.5 Å². The lowest BCUT2D eigenvalue weighted by molar-refractivity contribution is -0.116. The van der Waals surface area contributed by atoms with Crippen LogP contribution in [0.1, 0.15) is 18.1 Å². The molecule has 0 aromatic heterocycles. The third-order valence-electron chi connectivity index (χ3n) is 3.85. The molecule has 0 aliphatic heterocycles. The summed E-state index contributed by atoms with van der Waals surface area (Å²) in [7, 11) is 0.471. The highest BCUT2D eigenvalue weighted by atomic mass is 32.2. The van der Waals surface area contributed by atoms with Crippen LogP contribution in [0.25, 0.3) is 6.08 Å². The highest BCUT2D eigenvalue weighted by molar-refractivity contribution is 7.89. The van der Waals surface area contributed by atoms with Crippen molar-refractivity contribution in [3.8, 4) is 0 Å². The molecule has 0 unspecified atom stereocenters. The molecule has 0 saturated heterocycles. The van der Waals surface area contributed by atoms with Crippen LogP contribution in [-0.2, 0) is 21.4 Å². The lowest BCUT2D eigenvalue weighted by atomic mass is 10.2. The first-order valence-electron chi connectivity index (χ1n) is 8.63. The average molecular weight is 388 g/mol. The molecule has 1 amide bonds. The number of benzene rings is 2. The number of nitrogens with one attached hydrogen (secondary N) is 2. The van der Waals surface area contributed by atoms with Gasteiger partial charge in [-0.2, -0.15) is 0 Å². The Kier molecular flexibility index (Phi) is 7.15. The maximum atomic E-state index is 12.0. The van der Waals surface area contributed by atoms with E-state index >= 15 is 0 Å². The molecule has 0 heterocycles. The van der Waals surface area contributed by atoms with Crippen molar-refractivity contribution in [1.82, 2.24) is 10.0 Å². The first-order valence-corrected chi connectivity index (χ1v) is 10.1. The van der Waals surface area contributed by atoms with E-state index in [4.69, 9.17) is 0 Å². The zero-order chi connectivity index (χ0) is 19.9. The molecule has 27 heavy (non-hydrogen) atoms. The van der Waals surface area contributed by atoms with E-state index in [1.54, 1.807) is 25.1 Å². The standard InChI is InChI=1S/C20H25N3O3S/c1-4-22-27(25,26)19-11-8-16(9-12-19)10-13-20(24)21-15-17-6-5-7-18(14-17)23(2)3/h5-14,22H,4,15H2,1-3H3,(H,21,24)/b13-10+. The Bertz CT molecular complexity index is 904. The molecule has 6 nitrogen and oxygen atoms in total. The maximum absolute atomic E-state index is 12.0. The van der Waals surface area contributed by atoms with Crippen LogP contribution < -0.4 is 14.9 Å². The van der Waals surface area contributed by atoms with Crippen molar-refractivity contribution in [2.24, 2.45) is 0 Å². The predicted octanol–water partition coefficient (Wildman–Crippen LogP) is 2.38. The van der Waals surface area contributed by atoms with E-state index in [-0.39, 0.29) is 10.8 Å². The molecule has 144 valence electrons. The van der Waals surface area contributed by atoms with Crippen molar-refractivity contribution in [3.63, 3.8) is 0 Å². The topological polar surface area (TPSA) is 78.5 Å². The van der Waals surface area contributed by atoms with Gasteiger partial charge in [0.15, 0.2) is 0 Å². The van der Waals surface area contributed by atoms with Gasteiger partial charge in [-0.25, -0.2) is 13.1 Å². The molecule has 0 fully saturated rings.